The molecule has 4 nitrogen and oxygen atoms in total. The molecule has 0 aliphatic heterocycles. The molecule has 1 heterocycles. The normalized spacial score (nSPS) is 13.3. The molecule has 4 aromatic rings. The summed E-state index contributed by atoms with van der Waals surface area (Å²) in [4.78, 5) is 19.8. The molecule has 31 heavy (non-hydrogen) atoms. The maximum atomic E-state index is 13.1. The van der Waals surface area contributed by atoms with E-state index in [1.807, 2.05) is 65.7 Å². The van der Waals surface area contributed by atoms with Gasteiger partial charge >= 0.3 is 0 Å². The quantitative estimate of drug-likeness (QED) is 0.363. The number of rotatable bonds is 7. The van der Waals surface area contributed by atoms with Crippen molar-refractivity contribution in [1.29, 1.82) is 0 Å². The summed E-state index contributed by atoms with van der Waals surface area (Å²) >= 11 is 1.58. The van der Waals surface area contributed by atoms with E-state index in [4.69, 9.17) is 9.72 Å². The summed E-state index contributed by atoms with van der Waals surface area (Å²) in [6.45, 7) is 2.98. The molecule has 3 aromatic carbocycles. The van der Waals surface area contributed by atoms with Crippen LogP contribution >= 0.6 is 11.3 Å². The lowest BCUT2D eigenvalue weighted by Crippen LogP contribution is -2.32. The number of nitrogens with zero attached hydrogens (tertiary/aromatic N) is 2. The van der Waals surface area contributed by atoms with Crippen LogP contribution < -0.4 is 4.74 Å². The lowest BCUT2D eigenvalue weighted by molar-refractivity contribution is 0.0728. The highest BCUT2D eigenvalue weighted by Crippen LogP contribution is 2.31. The molecule has 1 aromatic heterocycles. The Balaban J connectivity index is 1.28. The third-order valence-electron chi connectivity index (χ3n) is 5.55. The Labute approximate surface area is 186 Å². The van der Waals surface area contributed by atoms with Crippen molar-refractivity contribution in [2.24, 2.45) is 0 Å². The first-order valence-electron chi connectivity index (χ1n) is 10.6. The van der Waals surface area contributed by atoms with Crippen LogP contribution in [0.15, 0.2) is 72.1 Å². The minimum Gasteiger partial charge on any atom is -0.486 e. The number of amides is 1. The number of fused-ring (bicyclic) bond motifs is 1. The minimum atomic E-state index is 0.0905. The summed E-state index contributed by atoms with van der Waals surface area (Å²) in [6, 6.07) is 22.4. The van der Waals surface area contributed by atoms with Gasteiger partial charge in [0.15, 0.2) is 0 Å². The van der Waals surface area contributed by atoms with E-state index < -0.39 is 0 Å². The molecule has 1 saturated carbocycles. The maximum absolute atomic E-state index is 13.1. The van der Waals surface area contributed by atoms with E-state index in [0.29, 0.717) is 19.2 Å². The Morgan fingerprint density at radius 3 is 2.74 bits per heavy atom. The van der Waals surface area contributed by atoms with Gasteiger partial charge in [-0.1, -0.05) is 54.1 Å². The van der Waals surface area contributed by atoms with Gasteiger partial charge in [-0.15, -0.1) is 11.3 Å². The number of hydrogen-bond acceptors (Lipinski definition) is 4. The highest BCUT2D eigenvalue weighted by Gasteiger charge is 2.33. The molecule has 0 unspecified atom stereocenters. The standard InChI is InChI=1S/C26H24N2O2S/c1-18-6-4-9-20(14-18)26(29)28(22-12-13-22)15-21-17-31-25(27-21)16-30-24-11-5-8-19-7-2-3-10-23(19)24/h2-11,14,17,22H,12-13,15-16H2,1H3. The van der Waals surface area contributed by atoms with Crippen LogP contribution in [0.3, 0.4) is 0 Å². The largest absolute Gasteiger partial charge is 0.486 e. The molecule has 0 atom stereocenters. The summed E-state index contributed by atoms with van der Waals surface area (Å²) < 4.78 is 6.08. The smallest absolute Gasteiger partial charge is 0.254 e. The van der Waals surface area contributed by atoms with Gasteiger partial charge in [0.1, 0.15) is 17.4 Å². The molecule has 0 N–H and O–H groups in total. The van der Waals surface area contributed by atoms with Crippen LogP contribution in [-0.4, -0.2) is 21.8 Å². The number of ether oxygens (including phenoxy) is 1. The number of hydrogen-bond donors (Lipinski definition) is 0. The van der Waals surface area contributed by atoms with Crippen LogP contribution in [0, 0.1) is 6.92 Å². The summed E-state index contributed by atoms with van der Waals surface area (Å²) in [7, 11) is 0. The molecule has 1 fully saturated rings. The van der Waals surface area contributed by atoms with Gasteiger partial charge in [-0.25, -0.2) is 4.98 Å². The lowest BCUT2D eigenvalue weighted by atomic mass is 10.1. The second-order valence-corrected chi connectivity index (χ2v) is 8.97. The van der Waals surface area contributed by atoms with E-state index in [9.17, 15) is 4.79 Å². The SMILES string of the molecule is Cc1cccc(C(=O)N(Cc2csc(COc3cccc4ccccc34)n2)C2CC2)c1. The summed E-state index contributed by atoms with van der Waals surface area (Å²) in [5.74, 6) is 0.955. The number of aromatic nitrogens is 1. The fourth-order valence-corrected chi connectivity index (χ4v) is 4.52. The molecule has 0 radical (unpaired) electrons. The average Bonchev–Trinajstić information content (AvgIpc) is 3.54. The van der Waals surface area contributed by atoms with Crippen molar-refractivity contribution in [2.75, 3.05) is 0 Å². The number of thiazole rings is 1. The maximum Gasteiger partial charge on any atom is 0.254 e. The molecule has 5 heteroatoms. The Hall–Kier alpha value is -3.18. The highest BCUT2D eigenvalue weighted by atomic mass is 32.1. The minimum absolute atomic E-state index is 0.0905. The Morgan fingerprint density at radius 1 is 1.10 bits per heavy atom. The van der Waals surface area contributed by atoms with Crippen molar-refractivity contribution in [2.45, 2.75) is 39.0 Å². The zero-order valence-corrected chi connectivity index (χ0v) is 18.3. The fraction of sp³-hybridized carbons (Fsp3) is 0.231. The molecule has 156 valence electrons. The van der Waals surface area contributed by atoms with Crippen molar-refractivity contribution in [3.63, 3.8) is 0 Å². The Kier molecular flexibility index (Phi) is 5.43. The third kappa shape index (κ3) is 4.47. The van der Waals surface area contributed by atoms with Gasteiger partial charge in [0.25, 0.3) is 5.91 Å². The molecule has 0 bridgehead atoms. The molecule has 1 amide bonds. The predicted molar refractivity (Wildman–Crippen MR) is 124 cm³/mol. The molecule has 5 rings (SSSR count). The van der Waals surface area contributed by atoms with Crippen LogP contribution in [-0.2, 0) is 13.2 Å². The van der Waals surface area contributed by atoms with Gasteiger partial charge in [0.2, 0.25) is 0 Å². The van der Waals surface area contributed by atoms with Gasteiger partial charge in [-0.05, 0) is 43.4 Å². The first-order chi connectivity index (χ1) is 15.2. The molecular weight excluding hydrogens is 404 g/mol. The fourth-order valence-electron chi connectivity index (χ4n) is 3.82. The van der Waals surface area contributed by atoms with Crippen molar-refractivity contribution in [1.82, 2.24) is 9.88 Å². The van der Waals surface area contributed by atoms with Crippen LogP contribution in [0.2, 0.25) is 0 Å². The van der Waals surface area contributed by atoms with Crippen LogP contribution in [0.25, 0.3) is 10.8 Å². The van der Waals surface area contributed by atoms with Gasteiger partial charge in [-0.2, -0.15) is 0 Å². The van der Waals surface area contributed by atoms with Gasteiger partial charge in [0, 0.05) is 22.4 Å². The number of aryl methyl sites for hydroxylation is 1. The zero-order valence-electron chi connectivity index (χ0n) is 17.5. The lowest BCUT2D eigenvalue weighted by Gasteiger charge is -2.21. The summed E-state index contributed by atoms with van der Waals surface area (Å²) in [6.07, 6.45) is 2.14. The van der Waals surface area contributed by atoms with Gasteiger partial charge < -0.3 is 9.64 Å². The topological polar surface area (TPSA) is 42.4 Å². The number of carbonyl (C=O) groups is 1. The van der Waals surface area contributed by atoms with Crippen LogP contribution in [0.1, 0.15) is 39.5 Å². The van der Waals surface area contributed by atoms with Crippen molar-refractivity contribution in [3.05, 3.63) is 93.9 Å². The van der Waals surface area contributed by atoms with E-state index >= 15 is 0 Å². The second kappa shape index (κ2) is 8.52. The van der Waals surface area contributed by atoms with E-state index in [0.717, 1.165) is 51.2 Å². The average molecular weight is 429 g/mol. The van der Waals surface area contributed by atoms with Crippen molar-refractivity contribution in [3.8, 4) is 5.75 Å². The van der Waals surface area contributed by atoms with Gasteiger partial charge in [0.05, 0.1) is 12.2 Å². The van der Waals surface area contributed by atoms with E-state index in [2.05, 4.69) is 18.2 Å². The summed E-state index contributed by atoms with van der Waals surface area (Å²) in [5, 5.41) is 5.22. The first-order valence-corrected chi connectivity index (χ1v) is 11.5. The van der Waals surface area contributed by atoms with E-state index in [-0.39, 0.29) is 5.91 Å². The molecule has 1 aliphatic carbocycles. The van der Waals surface area contributed by atoms with Crippen molar-refractivity contribution < 1.29 is 9.53 Å². The second-order valence-electron chi connectivity index (χ2n) is 8.03. The first kappa shape index (κ1) is 19.8. The molecule has 0 saturated heterocycles. The summed E-state index contributed by atoms with van der Waals surface area (Å²) in [5.41, 5.74) is 2.78. The third-order valence-corrected chi connectivity index (χ3v) is 6.42. The zero-order chi connectivity index (χ0) is 21.2. The van der Waals surface area contributed by atoms with Crippen LogP contribution in [0.5, 0.6) is 5.75 Å². The highest BCUT2D eigenvalue weighted by molar-refractivity contribution is 7.09. The Morgan fingerprint density at radius 2 is 1.90 bits per heavy atom. The number of carbonyl (C=O) groups excluding carboxylic acids is 1. The molecular formula is C26H24N2O2S. The van der Waals surface area contributed by atoms with Crippen molar-refractivity contribution >= 4 is 28.0 Å². The van der Waals surface area contributed by atoms with E-state index in [1.54, 1.807) is 11.3 Å². The molecule has 1 aliphatic rings. The monoisotopic (exact) mass is 428 g/mol. The molecule has 0 spiro atoms. The predicted octanol–water partition coefficient (Wildman–Crippen LogP) is 5.99. The Bertz CT molecular complexity index is 1220. The van der Waals surface area contributed by atoms with Gasteiger partial charge in [-0.3, -0.25) is 4.79 Å². The van der Waals surface area contributed by atoms with Crippen LogP contribution in [0.4, 0.5) is 0 Å². The number of benzene rings is 3. The van der Waals surface area contributed by atoms with E-state index in [1.165, 1.54) is 0 Å².